The average molecular weight is 287 g/mol. The van der Waals surface area contributed by atoms with Crippen molar-refractivity contribution in [2.75, 3.05) is 6.54 Å². The van der Waals surface area contributed by atoms with E-state index in [2.05, 4.69) is 15.6 Å². The van der Waals surface area contributed by atoms with Gasteiger partial charge in [0.2, 0.25) is 5.91 Å². The van der Waals surface area contributed by atoms with Crippen molar-refractivity contribution in [3.05, 3.63) is 47.3 Å². The van der Waals surface area contributed by atoms with Crippen molar-refractivity contribution in [3.63, 3.8) is 0 Å². The lowest BCUT2D eigenvalue weighted by Gasteiger charge is -2.05. The fourth-order valence-electron chi connectivity index (χ4n) is 1.92. The molecule has 1 amide bonds. The Hall–Kier alpha value is -2.21. The van der Waals surface area contributed by atoms with Crippen LogP contribution in [-0.4, -0.2) is 27.4 Å². The maximum Gasteiger partial charge on any atom is 0.242 e. The second kappa shape index (κ2) is 7.54. The predicted octanol–water partition coefficient (Wildman–Crippen LogP) is 0.794. The van der Waals surface area contributed by atoms with Crippen LogP contribution in [0.15, 0.2) is 30.5 Å². The molecule has 1 aromatic carbocycles. The highest BCUT2D eigenvalue weighted by Gasteiger charge is 2.06. The summed E-state index contributed by atoms with van der Waals surface area (Å²) < 4.78 is 1.55. The van der Waals surface area contributed by atoms with Gasteiger partial charge in [-0.1, -0.05) is 35.0 Å². The van der Waals surface area contributed by atoms with E-state index in [1.54, 1.807) is 10.9 Å². The number of aromatic nitrogens is 3. The van der Waals surface area contributed by atoms with E-state index in [9.17, 15) is 4.79 Å². The number of nitrogens with one attached hydrogen (secondary N) is 1. The second-order valence-electron chi connectivity index (χ2n) is 5.06. The molecule has 2 aromatic rings. The molecule has 0 fully saturated rings. The molecular weight excluding hydrogens is 266 g/mol. The first-order valence-electron chi connectivity index (χ1n) is 7.08. The van der Waals surface area contributed by atoms with Crippen molar-refractivity contribution in [1.82, 2.24) is 20.3 Å². The molecule has 0 spiro atoms. The molecule has 112 valence electrons. The third-order valence-electron chi connectivity index (χ3n) is 3.14. The minimum Gasteiger partial charge on any atom is -0.350 e. The number of carbonyl (C=O) groups excluding carboxylic acids is 1. The maximum absolute atomic E-state index is 11.9. The van der Waals surface area contributed by atoms with E-state index in [1.807, 2.05) is 31.2 Å². The van der Waals surface area contributed by atoms with Crippen LogP contribution in [0.25, 0.3) is 0 Å². The minimum absolute atomic E-state index is 0.0779. The first kappa shape index (κ1) is 15.2. The van der Waals surface area contributed by atoms with Crippen molar-refractivity contribution < 1.29 is 4.79 Å². The van der Waals surface area contributed by atoms with Crippen LogP contribution < -0.4 is 11.1 Å². The van der Waals surface area contributed by atoms with Gasteiger partial charge in [-0.3, -0.25) is 4.79 Å². The summed E-state index contributed by atoms with van der Waals surface area (Å²) in [7, 11) is 0. The van der Waals surface area contributed by atoms with Gasteiger partial charge in [0.1, 0.15) is 6.54 Å². The molecule has 1 heterocycles. The summed E-state index contributed by atoms with van der Waals surface area (Å²) >= 11 is 0. The Kier molecular flexibility index (Phi) is 5.45. The Morgan fingerprint density at radius 3 is 2.81 bits per heavy atom. The summed E-state index contributed by atoms with van der Waals surface area (Å²) in [6.07, 6.45) is 3.46. The second-order valence-corrected chi connectivity index (χ2v) is 5.06. The first-order valence-corrected chi connectivity index (χ1v) is 7.08. The van der Waals surface area contributed by atoms with E-state index in [0.717, 1.165) is 24.1 Å². The van der Waals surface area contributed by atoms with Crippen LogP contribution in [0.1, 0.15) is 23.2 Å². The van der Waals surface area contributed by atoms with E-state index in [4.69, 9.17) is 5.73 Å². The third-order valence-corrected chi connectivity index (χ3v) is 3.14. The molecule has 0 atom stereocenters. The van der Waals surface area contributed by atoms with E-state index < -0.39 is 0 Å². The molecule has 0 aliphatic rings. The van der Waals surface area contributed by atoms with Crippen LogP contribution in [0.2, 0.25) is 0 Å². The molecule has 0 saturated carbocycles. The van der Waals surface area contributed by atoms with Gasteiger partial charge in [0.15, 0.2) is 0 Å². The number of rotatable bonds is 7. The lowest BCUT2D eigenvalue weighted by molar-refractivity contribution is -0.122. The number of hydrogen-bond acceptors (Lipinski definition) is 4. The normalized spacial score (nSPS) is 10.6. The number of aryl methyl sites for hydroxylation is 2. The third kappa shape index (κ3) is 5.00. The van der Waals surface area contributed by atoms with Gasteiger partial charge in [0, 0.05) is 12.7 Å². The number of amides is 1. The summed E-state index contributed by atoms with van der Waals surface area (Å²) in [6.45, 7) is 3.37. The molecule has 6 nitrogen and oxygen atoms in total. The van der Waals surface area contributed by atoms with Crippen LogP contribution in [0.3, 0.4) is 0 Å². The molecule has 2 rings (SSSR count). The SMILES string of the molecule is Cc1ccc(CNC(=O)Cn2cc(CCCN)nn2)cc1. The van der Waals surface area contributed by atoms with Gasteiger partial charge in [-0.2, -0.15) is 0 Å². The van der Waals surface area contributed by atoms with Crippen molar-refractivity contribution in [3.8, 4) is 0 Å². The molecular formula is C15H21N5O. The molecule has 0 radical (unpaired) electrons. The Balaban J connectivity index is 1.78. The number of nitrogens with two attached hydrogens (primary N) is 1. The highest BCUT2D eigenvalue weighted by molar-refractivity contribution is 5.75. The molecule has 21 heavy (non-hydrogen) atoms. The molecule has 6 heteroatoms. The summed E-state index contributed by atoms with van der Waals surface area (Å²) in [6, 6.07) is 8.08. The summed E-state index contributed by atoms with van der Waals surface area (Å²) in [4.78, 5) is 11.9. The smallest absolute Gasteiger partial charge is 0.242 e. The van der Waals surface area contributed by atoms with Crippen molar-refractivity contribution in [1.29, 1.82) is 0 Å². The number of hydrogen-bond donors (Lipinski definition) is 2. The molecule has 0 aliphatic heterocycles. The van der Waals surface area contributed by atoms with Gasteiger partial charge in [-0.15, -0.1) is 5.10 Å². The largest absolute Gasteiger partial charge is 0.350 e. The maximum atomic E-state index is 11.9. The van der Waals surface area contributed by atoms with Crippen molar-refractivity contribution in [2.45, 2.75) is 32.9 Å². The summed E-state index contributed by atoms with van der Waals surface area (Å²) in [5, 5.41) is 10.8. The Morgan fingerprint density at radius 2 is 2.10 bits per heavy atom. The highest BCUT2D eigenvalue weighted by atomic mass is 16.2. The highest BCUT2D eigenvalue weighted by Crippen LogP contribution is 2.02. The zero-order chi connectivity index (χ0) is 15.1. The molecule has 0 unspecified atom stereocenters. The van der Waals surface area contributed by atoms with Crippen LogP contribution in [0, 0.1) is 6.92 Å². The van der Waals surface area contributed by atoms with Gasteiger partial charge in [-0.25, -0.2) is 4.68 Å². The molecule has 1 aromatic heterocycles. The predicted molar refractivity (Wildman–Crippen MR) is 80.4 cm³/mol. The topological polar surface area (TPSA) is 85.8 Å². The van der Waals surface area contributed by atoms with E-state index >= 15 is 0 Å². The van der Waals surface area contributed by atoms with Gasteiger partial charge < -0.3 is 11.1 Å². The van der Waals surface area contributed by atoms with Crippen LogP contribution >= 0.6 is 0 Å². The van der Waals surface area contributed by atoms with Crippen molar-refractivity contribution in [2.24, 2.45) is 5.73 Å². The summed E-state index contributed by atoms with van der Waals surface area (Å²) in [5.41, 5.74) is 8.60. The Morgan fingerprint density at radius 1 is 1.33 bits per heavy atom. The van der Waals surface area contributed by atoms with Crippen LogP contribution in [0.5, 0.6) is 0 Å². The minimum atomic E-state index is -0.0779. The molecule has 0 bridgehead atoms. The number of benzene rings is 1. The van der Waals surface area contributed by atoms with Crippen LogP contribution in [0.4, 0.5) is 0 Å². The quantitative estimate of drug-likeness (QED) is 0.788. The van der Waals surface area contributed by atoms with Gasteiger partial charge >= 0.3 is 0 Å². The lowest BCUT2D eigenvalue weighted by atomic mass is 10.1. The standard InChI is InChI=1S/C15H21N5O/c1-12-4-6-13(7-5-12)9-17-15(21)11-20-10-14(18-19-20)3-2-8-16/h4-7,10H,2-3,8-9,11,16H2,1H3,(H,17,21). The van der Waals surface area contributed by atoms with Crippen LogP contribution in [-0.2, 0) is 24.3 Å². The fourth-order valence-corrected chi connectivity index (χ4v) is 1.92. The molecule has 0 saturated heterocycles. The number of nitrogens with zero attached hydrogens (tertiary/aromatic N) is 3. The van der Waals surface area contributed by atoms with Gasteiger partial charge in [-0.05, 0) is 31.9 Å². The lowest BCUT2D eigenvalue weighted by Crippen LogP contribution is -2.27. The monoisotopic (exact) mass is 287 g/mol. The van der Waals surface area contributed by atoms with Gasteiger partial charge in [0.25, 0.3) is 0 Å². The van der Waals surface area contributed by atoms with E-state index in [1.165, 1.54) is 5.56 Å². The molecule has 0 aliphatic carbocycles. The van der Waals surface area contributed by atoms with Gasteiger partial charge in [0.05, 0.1) is 5.69 Å². The molecule has 3 N–H and O–H groups in total. The average Bonchev–Trinajstić information content (AvgIpc) is 2.92. The Labute approximate surface area is 124 Å². The van der Waals surface area contributed by atoms with E-state index in [-0.39, 0.29) is 12.5 Å². The fraction of sp³-hybridized carbons (Fsp3) is 0.400. The first-order chi connectivity index (χ1) is 10.2. The summed E-state index contributed by atoms with van der Waals surface area (Å²) in [5.74, 6) is -0.0779. The zero-order valence-corrected chi connectivity index (χ0v) is 12.2. The van der Waals surface area contributed by atoms with E-state index in [0.29, 0.717) is 13.1 Å². The Bertz CT molecular complexity index is 576. The van der Waals surface area contributed by atoms with Crippen molar-refractivity contribution >= 4 is 5.91 Å². The zero-order valence-electron chi connectivity index (χ0n) is 12.2. The number of carbonyl (C=O) groups is 1.